The van der Waals surface area contributed by atoms with Gasteiger partial charge in [-0.3, -0.25) is 10.00 Å². The van der Waals surface area contributed by atoms with Crippen molar-refractivity contribution >= 4 is 11.3 Å². The van der Waals surface area contributed by atoms with Gasteiger partial charge < -0.3 is 5.32 Å². The Morgan fingerprint density at radius 3 is 3.18 bits per heavy atom. The van der Waals surface area contributed by atoms with Gasteiger partial charge in [0.25, 0.3) is 0 Å². The number of hydrogen-bond donors (Lipinski definition) is 2. The first-order valence-electron chi connectivity index (χ1n) is 8.01. The van der Waals surface area contributed by atoms with E-state index in [1.807, 2.05) is 17.5 Å². The van der Waals surface area contributed by atoms with E-state index in [-0.39, 0.29) is 5.41 Å². The minimum absolute atomic E-state index is 0.260. The van der Waals surface area contributed by atoms with Gasteiger partial charge >= 0.3 is 0 Å². The van der Waals surface area contributed by atoms with Crippen LogP contribution in [0.15, 0.2) is 6.20 Å². The Hall–Kier alpha value is -1.24. The zero-order valence-electron chi connectivity index (χ0n) is 13.3. The second-order valence-corrected chi connectivity index (χ2v) is 8.43. The van der Waals surface area contributed by atoms with E-state index in [1.54, 1.807) is 0 Å². The van der Waals surface area contributed by atoms with E-state index in [9.17, 15) is 0 Å². The molecule has 2 aliphatic rings. The van der Waals surface area contributed by atoms with Crippen molar-refractivity contribution in [3.63, 3.8) is 0 Å². The lowest BCUT2D eigenvalue weighted by molar-refractivity contribution is 0.173. The average Bonchev–Trinajstić information content (AvgIpc) is 3.01. The highest BCUT2D eigenvalue weighted by Gasteiger charge is 2.29. The quantitative estimate of drug-likeness (QED) is 0.890. The summed E-state index contributed by atoms with van der Waals surface area (Å²) in [7, 11) is 0. The van der Waals surface area contributed by atoms with E-state index in [0.717, 1.165) is 45.6 Å². The van der Waals surface area contributed by atoms with Gasteiger partial charge in [-0.15, -0.1) is 11.3 Å². The molecule has 0 aromatic carbocycles. The summed E-state index contributed by atoms with van der Waals surface area (Å²) >= 11 is 1.88. The molecule has 0 aliphatic carbocycles. The summed E-state index contributed by atoms with van der Waals surface area (Å²) in [4.78, 5) is 8.84. The average molecular weight is 317 g/mol. The highest BCUT2D eigenvalue weighted by molar-refractivity contribution is 7.11. The minimum atomic E-state index is 0.260. The maximum Gasteiger partial charge on any atom is 0.107 e. The van der Waals surface area contributed by atoms with E-state index >= 15 is 0 Å². The topological polar surface area (TPSA) is 56.8 Å². The highest BCUT2D eigenvalue weighted by Crippen LogP contribution is 2.31. The van der Waals surface area contributed by atoms with Crippen molar-refractivity contribution in [2.24, 2.45) is 5.41 Å². The molecule has 0 saturated carbocycles. The Balaban J connectivity index is 1.55. The van der Waals surface area contributed by atoms with Crippen LogP contribution in [-0.4, -0.2) is 33.2 Å². The van der Waals surface area contributed by atoms with Crippen molar-refractivity contribution in [3.05, 3.63) is 33.0 Å². The molecule has 2 aromatic rings. The fourth-order valence-electron chi connectivity index (χ4n) is 3.61. The Morgan fingerprint density at radius 2 is 2.32 bits per heavy atom. The zero-order chi connectivity index (χ0) is 15.2. The number of hydrogen-bond acceptors (Lipinski definition) is 5. The minimum Gasteiger partial charge on any atom is -0.311 e. The second kappa shape index (κ2) is 5.44. The van der Waals surface area contributed by atoms with E-state index in [1.165, 1.54) is 26.8 Å². The fourth-order valence-corrected chi connectivity index (χ4v) is 4.74. The maximum atomic E-state index is 4.88. The monoisotopic (exact) mass is 317 g/mol. The Morgan fingerprint density at radius 1 is 1.41 bits per heavy atom. The van der Waals surface area contributed by atoms with Crippen LogP contribution in [0.4, 0.5) is 0 Å². The Bertz CT molecular complexity index is 648. The number of nitrogens with zero attached hydrogens (tertiary/aromatic N) is 3. The van der Waals surface area contributed by atoms with Crippen LogP contribution < -0.4 is 5.32 Å². The van der Waals surface area contributed by atoms with Crippen molar-refractivity contribution in [1.29, 1.82) is 0 Å². The summed E-state index contributed by atoms with van der Waals surface area (Å²) in [5.41, 5.74) is 4.22. The summed E-state index contributed by atoms with van der Waals surface area (Å²) in [5, 5.41) is 12.1. The molecule has 0 spiro atoms. The SMILES string of the molecule is CC1(C)Cc2[nH]ncc2CN(Cc2nc3c(s2)CNCC3)C1. The van der Waals surface area contributed by atoms with Crippen LogP contribution in [0.3, 0.4) is 0 Å². The number of nitrogens with one attached hydrogen (secondary N) is 2. The Kier molecular flexibility index (Phi) is 3.55. The van der Waals surface area contributed by atoms with Gasteiger partial charge in [0, 0.05) is 48.7 Å². The third-order valence-corrected chi connectivity index (χ3v) is 5.60. The van der Waals surface area contributed by atoms with E-state index in [2.05, 4.69) is 34.3 Å². The molecule has 0 bridgehead atoms. The summed E-state index contributed by atoms with van der Waals surface area (Å²) in [6.45, 7) is 9.75. The molecule has 0 fully saturated rings. The molecule has 5 nitrogen and oxygen atoms in total. The predicted molar refractivity (Wildman–Crippen MR) is 87.7 cm³/mol. The number of aromatic nitrogens is 3. The zero-order valence-corrected chi connectivity index (χ0v) is 14.1. The first kappa shape index (κ1) is 14.4. The summed E-state index contributed by atoms with van der Waals surface area (Å²) in [6, 6.07) is 0. The molecular formula is C16H23N5S. The van der Waals surface area contributed by atoms with Gasteiger partial charge in [-0.2, -0.15) is 5.10 Å². The van der Waals surface area contributed by atoms with Crippen LogP contribution in [0, 0.1) is 5.41 Å². The smallest absolute Gasteiger partial charge is 0.107 e. The summed E-state index contributed by atoms with van der Waals surface area (Å²) in [6.07, 6.45) is 4.13. The van der Waals surface area contributed by atoms with E-state index in [4.69, 9.17) is 4.98 Å². The predicted octanol–water partition coefficient (Wildman–Crippen LogP) is 2.10. The normalized spacial score (nSPS) is 21.2. The van der Waals surface area contributed by atoms with Crippen LogP contribution >= 0.6 is 11.3 Å². The molecule has 0 saturated heterocycles. The van der Waals surface area contributed by atoms with Gasteiger partial charge in [0.2, 0.25) is 0 Å². The molecular weight excluding hydrogens is 294 g/mol. The van der Waals surface area contributed by atoms with Gasteiger partial charge in [0.15, 0.2) is 0 Å². The van der Waals surface area contributed by atoms with E-state index in [0.29, 0.717) is 0 Å². The largest absolute Gasteiger partial charge is 0.311 e. The molecule has 4 heterocycles. The van der Waals surface area contributed by atoms with Gasteiger partial charge in [-0.1, -0.05) is 13.8 Å². The lowest BCUT2D eigenvalue weighted by Gasteiger charge is -2.28. The molecule has 0 atom stereocenters. The molecule has 22 heavy (non-hydrogen) atoms. The standard InChI is InChI=1S/C16H23N5S/c1-16(2)5-13-11(6-18-20-13)8-21(10-16)9-15-19-12-3-4-17-7-14(12)22-15/h6,17H,3-5,7-10H2,1-2H3,(H,18,20). The molecule has 2 aromatic heterocycles. The van der Waals surface area contributed by atoms with Crippen LogP contribution in [0.25, 0.3) is 0 Å². The first-order chi connectivity index (χ1) is 10.6. The second-order valence-electron chi connectivity index (χ2n) is 7.26. The van der Waals surface area contributed by atoms with Gasteiger partial charge in [-0.25, -0.2) is 4.98 Å². The van der Waals surface area contributed by atoms with Crippen molar-refractivity contribution in [2.75, 3.05) is 13.1 Å². The van der Waals surface area contributed by atoms with Crippen molar-refractivity contribution in [1.82, 2.24) is 25.4 Å². The molecule has 6 heteroatoms. The number of thiazole rings is 1. The lowest BCUT2D eigenvalue weighted by atomic mass is 9.88. The molecule has 0 amide bonds. The molecule has 2 aliphatic heterocycles. The van der Waals surface area contributed by atoms with Crippen LogP contribution in [-0.2, 0) is 32.5 Å². The third-order valence-electron chi connectivity index (χ3n) is 4.51. The number of rotatable bonds is 2. The highest BCUT2D eigenvalue weighted by atomic mass is 32.1. The fraction of sp³-hybridized carbons (Fsp3) is 0.625. The lowest BCUT2D eigenvalue weighted by Crippen LogP contribution is -2.32. The summed E-state index contributed by atoms with van der Waals surface area (Å²) < 4.78 is 0. The van der Waals surface area contributed by atoms with Gasteiger partial charge in [0.05, 0.1) is 18.4 Å². The van der Waals surface area contributed by atoms with Crippen molar-refractivity contribution < 1.29 is 0 Å². The van der Waals surface area contributed by atoms with Crippen molar-refractivity contribution in [3.8, 4) is 0 Å². The Labute approximate surface area is 135 Å². The first-order valence-corrected chi connectivity index (χ1v) is 8.82. The van der Waals surface area contributed by atoms with Crippen LogP contribution in [0.1, 0.15) is 40.7 Å². The third kappa shape index (κ3) is 2.83. The number of H-pyrrole nitrogens is 1. The molecule has 118 valence electrons. The van der Waals surface area contributed by atoms with Crippen LogP contribution in [0.2, 0.25) is 0 Å². The van der Waals surface area contributed by atoms with Crippen LogP contribution in [0.5, 0.6) is 0 Å². The molecule has 0 radical (unpaired) electrons. The molecule has 0 unspecified atom stereocenters. The number of fused-ring (bicyclic) bond motifs is 2. The van der Waals surface area contributed by atoms with E-state index < -0.39 is 0 Å². The van der Waals surface area contributed by atoms with Gasteiger partial charge in [-0.05, 0) is 11.8 Å². The maximum absolute atomic E-state index is 4.88. The molecule has 4 rings (SSSR count). The molecule has 2 N–H and O–H groups in total. The summed E-state index contributed by atoms with van der Waals surface area (Å²) in [5.74, 6) is 0. The van der Waals surface area contributed by atoms with Gasteiger partial charge in [0.1, 0.15) is 5.01 Å². The number of aromatic amines is 1. The van der Waals surface area contributed by atoms with Crippen molar-refractivity contribution in [2.45, 2.75) is 46.3 Å².